The summed E-state index contributed by atoms with van der Waals surface area (Å²) in [5.74, 6) is -0.508. The number of carbonyl (C=O) groups is 1. The molecule has 0 bridgehead atoms. The number of para-hydroxylation sites is 1. The van der Waals surface area contributed by atoms with E-state index in [1.807, 2.05) is 12.1 Å². The van der Waals surface area contributed by atoms with E-state index in [1.54, 1.807) is 42.5 Å². The van der Waals surface area contributed by atoms with E-state index in [0.29, 0.717) is 32.4 Å². The van der Waals surface area contributed by atoms with Gasteiger partial charge in [0.2, 0.25) is 0 Å². The number of fused-ring (bicyclic) bond motifs is 1. The Morgan fingerprint density at radius 2 is 1.66 bits per heavy atom. The number of rotatable bonds is 3. The molecule has 4 aromatic rings. The molecule has 1 aromatic heterocycles. The molecule has 1 heterocycles. The number of nitrogens with one attached hydrogen (secondary N) is 2. The normalized spacial score (nSPS) is 10.7. The van der Waals surface area contributed by atoms with E-state index in [1.165, 1.54) is 12.1 Å². The molecule has 0 saturated heterocycles. The first-order valence-electron chi connectivity index (χ1n) is 9.22. The quantitative estimate of drug-likeness (QED) is 0.245. The predicted octanol–water partition coefficient (Wildman–Crippen LogP) is 6.55. The number of anilines is 1. The summed E-state index contributed by atoms with van der Waals surface area (Å²) < 4.78 is 5.38. The lowest BCUT2D eigenvalue weighted by atomic mass is 10.1. The first-order chi connectivity index (χ1) is 15.3. The Labute approximate surface area is 202 Å². The third-order valence-corrected chi connectivity index (χ3v) is 5.64. The first kappa shape index (κ1) is 22.3. The number of carbonyl (C=O) groups excluding carboxylic acids is 1. The number of amides is 1. The van der Waals surface area contributed by atoms with Crippen LogP contribution < -0.4 is 16.3 Å². The number of halogens is 3. The molecule has 0 unspecified atom stereocenters. The molecule has 5 nitrogen and oxygen atoms in total. The Balaban J connectivity index is 1.53. The van der Waals surface area contributed by atoms with Crippen LogP contribution in [0.5, 0.6) is 0 Å². The second-order valence-corrected chi connectivity index (χ2v) is 8.37. The molecule has 3 aromatic carbocycles. The first-order valence-corrected chi connectivity index (χ1v) is 10.8. The molecule has 32 heavy (non-hydrogen) atoms. The van der Waals surface area contributed by atoms with Gasteiger partial charge < -0.3 is 9.73 Å². The number of benzene rings is 3. The summed E-state index contributed by atoms with van der Waals surface area (Å²) in [5.41, 5.74) is 1.57. The molecule has 0 fully saturated rings. The highest BCUT2D eigenvalue weighted by atomic mass is 35.5. The van der Waals surface area contributed by atoms with Crippen LogP contribution in [0.15, 0.2) is 75.9 Å². The molecule has 1 amide bonds. The van der Waals surface area contributed by atoms with E-state index < -0.39 is 11.5 Å². The second-order valence-electron chi connectivity index (χ2n) is 6.71. The molecule has 0 atom stereocenters. The highest BCUT2D eigenvalue weighted by Crippen LogP contribution is 2.30. The largest absolute Gasteiger partial charge is 0.422 e. The van der Waals surface area contributed by atoms with E-state index >= 15 is 0 Å². The van der Waals surface area contributed by atoms with Crippen molar-refractivity contribution in [3.05, 3.63) is 97.8 Å². The van der Waals surface area contributed by atoms with Crippen LogP contribution in [-0.2, 0) is 0 Å². The Bertz CT molecular complexity index is 1440. The van der Waals surface area contributed by atoms with E-state index in [-0.39, 0.29) is 15.7 Å². The molecule has 0 saturated carbocycles. The van der Waals surface area contributed by atoms with Gasteiger partial charge >= 0.3 is 5.63 Å². The van der Waals surface area contributed by atoms with Crippen molar-refractivity contribution >= 4 is 74.7 Å². The summed E-state index contributed by atoms with van der Waals surface area (Å²) in [4.78, 5) is 24.8. The Morgan fingerprint density at radius 3 is 2.44 bits per heavy atom. The molecule has 9 heteroatoms. The summed E-state index contributed by atoms with van der Waals surface area (Å²) >= 11 is 23.6. The van der Waals surface area contributed by atoms with Crippen molar-refractivity contribution in [1.82, 2.24) is 5.32 Å². The van der Waals surface area contributed by atoms with Gasteiger partial charge in [0.25, 0.3) is 5.91 Å². The fourth-order valence-electron chi connectivity index (χ4n) is 3.07. The lowest BCUT2D eigenvalue weighted by Crippen LogP contribution is -2.34. The monoisotopic (exact) mass is 502 g/mol. The van der Waals surface area contributed by atoms with Crippen molar-refractivity contribution in [2.75, 3.05) is 5.32 Å². The average molecular weight is 504 g/mol. The molecule has 4 rings (SSSR count). The lowest BCUT2D eigenvalue weighted by Gasteiger charge is -2.12. The van der Waals surface area contributed by atoms with Crippen molar-refractivity contribution in [2.24, 2.45) is 0 Å². The number of hydrogen-bond acceptors (Lipinski definition) is 4. The highest BCUT2D eigenvalue weighted by molar-refractivity contribution is 7.80. The minimum Gasteiger partial charge on any atom is -0.422 e. The lowest BCUT2D eigenvalue weighted by molar-refractivity contribution is 0.0978. The van der Waals surface area contributed by atoms with Gasteiger partial charge in [-0.3, -0.25) is 10.1 Å². The third-order valence-electron chi connectivity index (χ3n) is 4.56. The summed E-state index contributed by atoms with van der Waals surface area (Å²) in [5, 5.41) is 7.17. The molecule has 0 aliphatic rings. The van der Waals surface area contributed by atoms with Gasteiger partial charge in [-0.15, -0.1) is 0 Å². The van der Waals surface area contributed by atoms with Gasteiger partial charge in [0, 0.05) is 21.7 Å². The van der Waals surface area contributed by atoms with E-state index in [4.69, 9.17) is 51.4 Å². The zero-order valence-electron chi connectivity index (χ0n) is 16.1. The molecular weight excluding hydrogens is 491 g/mol. The molecule has 160 valence electrons. The summed E-state index contributed by atoms with van der Waals surface area (Å²) in [6, 6.07) is 18.4. The van der Waals surface area contributed by atoms with Crippen molar-refractivity contribution in [3.63, 3.8) is 0 Å². The fourth-order valence-corrected chi connectivity index (χ4v) is 3.93. The highest BCUT2D eigenvalue weighted by Gasteiger charge is 2.14. The fraction of sp³-hybridized carbons (Fsp3) is 0. The van der Waals surface area contributed by atoms with E-state index in [9.17, 15) is 9.59 Å². The smallest absolute Gasteiger partial charge is 0.344 e. The zero-order chi connectivity index (χ0) is 22.8. The summed E-state index contributed by atoms with van der Waals surface area (Å²) in [6.45, 7) is 0. The minimum absolute atomic E-state index is 0.0417. The van der Waals surface area contributed by atoms with Crippen molar-refractivity contribution in [1.29, 1.82) is 0 Å². The van der Waals surface area contributed by atoms with Crippen LogP contribution in [0.4, 0.5) is 5.69 Å². The Morgan fingerprint density at radius 1 is 0.875 bits per heavy atom. The van der Waals surface area contributed by atoms with Gasteiger partial charge in [-0.1, -0.05) is 59.1 Å². The third kappa shape index (κ3) is 4.79. The SMILES string of the molecule is O=C(NC(=S)Nc1ccc(-c2cc3ccccc3oc2=O)c(Cl)c1)c1cc(Cl)ccc1Cl. The van der Waals surface area contributed by atoms with Crippen LogP contribution in [0.1, 0.15) is 10.4 Å². The molecule has 2 N–H and O–H groups in total. The predicted molar refractivity (Wildman–Crippen MR) is 133 cm³/mol. The van der Waals surface area contributed by atoms with E-state index in [0.717, 1.165) is 5.39 Å². The van der Waals surface area contributed by atoms with Crippen LogP contribution >= 0.6 is 47.0 Å². The van der Waals surface area contributed by atoms with Gasteiger partial charge in [-0.25, -0.2) is 4.79 Å². The molecule has 0 spiro atoms. The van der Waals surface area contributed by atoms with Crippen molar-refractivity contribution < 1.29 is 9.21 Å². The number of hydrogen-bond donors (Lipinski definition) is 2. The maximum absolute atomic E-state index is 12.4. The van der Waals surface area contributed by atoms with Gasteiger partial charge in [-0.2, -0.15) is 0 Å². The Hall–Kier alpha value is -2.90. The van der Waals surface area contributed by atoms with Crippen LogP contribution in [0.25, 0.3) is 22.1 Å². The van der Waals surface area contributed by atoms with Crippen LogP contribution in [0.3, 0.4) is 0 Å². The van der Waals surface area contributed by atoms with Crippen molar-refractivity contribution in [2.45, 2.75) is 0 Å². The summed E-state index contributed by atoms with van der Waals surface area (Å²) in [7, 11) is 0. The molecule has 0 aliphatic carbocycles. The minimum atomic E-state index is -0.508. The summed E-state index contributed by atoms with van der Waals surface area (Å²) in [6.07, 6.45) is 0. The van der Waals surface area contributed by atoms with Gasteiger partial charge in [-0.05, 0) is 54.7 Å². The van der Waals surface area contributed by atoms with E-state index in [2.05, 4.69) is 10.6 Å². The number of thiocarbonyl (C=S) groups is 1. The topological polar surface area (TPSA) is 71.3 Å². The van der Waals surface area contributed by atoms with Crippen LogP contribution in [0.2, 0.25) is 15.1 Å². The standard InChI is InChI=1S/C23H13Cl3N2O3S/c24-13-5-8-18(25)17(10-13)21(29)28-23(32)27-14-6-7-15(19(26)11-14)16-9-12-3-1-2-4-20(12)31-22(16)30/h1-11H,(H2,27,28,29,32). The van der Waals surface area contributed by atoms with Crippen LogP contribution in [0, 0.1) is 0 Å². The van der Waals surface area contributed by atoms with Gasteiger partial charge in [0.05, 0.1) is 21.2 Å². The van der Waals surface area contributed by atoms with Gasteiger partial charge in [0.15, 0.2) is 5.11 Å². The molecule has 0 radical (unpaired) electrons. The van der Waals surface area contributed by atoms with Crippen LogP contribution in [-0.4, -0.2) is 11.0 Å². The zero-order valence-corrected chi connectivity index (χ0v) is 19.2. The average Bonchev–Trinajstić information content (AvgIpc) is 2.75. The maximum atomic E-state index is 12.4. The van der Waals surface area contributed by atoms with Gasteiger partial charge in [0.1, 0.15) is 5.58 Å². The molecule has 0 aliphatic heterocycles. The Kier molecular flexibility index (Phi) is 6.48. The molecular formula is C23H13Cl3N2O3S. The second kappa shape index (κ2) is 9.30. The van der Waals surface area contributed by atoms with Crippen molar-refractivity contribution in [3.8, 4) is 11.1 Å². The maximum Gasteiger partial charge on any atom is 0.344 e.